The van der Waals surface area contributed by atoms with Crippen LogP contribution in [0.5, 0.6) is 0 Å². The number of amides is 1. The summed E-state index contributed by atoms with van der Waals surface area (Å²) < 4.78 is 0. The van der Waals surface area contributed by atoms with E-state index < -0.39 is 0 Å². The predicted molar refractivity (Wildman–Crippen MR) is 83.0 cm³/mol. The van der Waals surface area contributed by atoms with Gasteiger partial charge in [-0.05, 0) is 12.1 Å². The molecule has 0 fully saturated rings. The van der Waals surface area contributed by atoms with E-state index in [1.54, 1.807) is 6.33 Å². The van der Waals surface area contributed by atoms with Gasteiger partial charge in [0.1, 0.15) is 0 Å². The molecule has 1 aromatic carbocycles. The zero-order valence-corrected chi connectivity index (χ0v) is 13.0. The molecule has 1 atom stereocenters. The number of carbonyl (C=O) groups excluding carboxylic acids is 1. The fourth-order valence-electron chi connectivity index (χ4n) is 2.19. The quantitative estimate of drug-likeness (QED) is 0.733. The first-order valence-electron chi connectivity index (χ1n) is 6.24. The van der Waals surface area contributed by atoms with Crippen molar-refractivity contribution < 1.29 is 4.79 Å². The van der Waals surface area contributed by atoms with Gasteiger partial charge in [0.25, 0.3) is 0 Å². The van der Waals surface area contributed by atoms with Crippen molar-refractivity contribution in [3.05, 3.63) is 44.9 Å². The van der Waals surface area contributed by atoms with Crippen LogP contribution in [0.15, 0.2) is 18.5 Å². The number of hydrogen-bond donors (Lipinski definition) is 3. The molecule has 1 unspecified atom stereocenters. The lowest BCUT2D eigenvalue weighted by atomic mass is 10.0. The van der Waals surface area contributed by atoms with Crippen molar-refractivity contribution in [2.75, 3.05) is 5.32 Å². The van der Waals surface area contributed by atoms with Crippen molar-refractivity contribution in [2.45, 2.75) is 19.0 Å². The van der Waals surface area contributed by atoms with E-state index in [4.69, 9.17) is 34.8 Å². The third-order valence-electron chi connectivity index (χ3n) is 3.31. The fraction of sp³-hybridized carbons (Fsp3) is 0.231. The number of H-pyrrole nitrogens is 1. The number of anilines is 1. The second kappa shape index (κ2) is 5.85. The average Bonchev–Trinajstić information content (AvgIpc) is 2.92. The minimum Gasteiger partial charge on any atom is -0.347 e. The standard InChI is InChI=1S/C13H11Cl3N4O/c14-6-1-8(16)9(2-7(6)15)20-13(21)11-3-10-12(4-17-11)19-5-18-10/h1-2,5,11,17H,3-4H2,(H,18,19)(H,20,21). The first-order chi connectivity index (χ1) is 10.0. The first kappa shape index (κ1) is 14.7. The molecule has 1 aliphatic heterocycles. The summed E-state index contributed by atoms with van der Waals surface area (Å²) in [6.45, 7) is 0.572. The molecule has 0 saturated heterocycles. The van der Waals surface area contributed by atoms with Crippen LogP contribution in [0, 0.1) is 0 Å². The Bertz CT molecular complexity index is 701. The minimum atomic E-state index is -0.369. The van der Waals surface area contributed by atoms with Crippen LogP contribution < -0.4 is 10.6 Å². The highest BCUT2D eigenvalue weighted by Gasteiger charge is 2.26. The van der Waals surface area contributed by atoms with Gasteiger partial charge >= 0.3 is 0 Å². The Balaban J connectivity index is 1.74. The lowest BCUT2D eigenvalue weighted by Crippen LogP contribution is -2.44. The molecule has 0 bridgehead atoms. The van der Waals surface area contributed by atoms with E-state index in [2.05, 4.69) is 20.6 Å². The summed E-state index contributed by atoms with van der Waals surface area (Å²) in [6.07, 6.45) is 2.14. The summed E-state index contributed by atoms with van der Waals surface area (Å²) >= 11 is 17.8. The number of aromatic amines is 1. The average molecular weight is 346 g/mol. The smallest absolute Gasteiger partial charge is 0.241 e. The van der Waals surface area contributed by atoms with Crippen molar-refractivity contribution in [3.8, 4) is 0 Å². The Morgan fingerprint density at radius 2 is 2.00 bits per heavy atom. The number of aromatic nitrogens is 2. The molecule has 1 aromatic heterocycles. The van der Waals surface area contributed by atoms with Gasteiger partial charge < -0.3 is 10.3 Å². The molecule has 2 heterocycles. The molecule has 0 saturated carbocycles. The number of nitrogens with one attached hydrogen (secondary N) is 3. The Hall–Kier alpha value is -1.27. The van der Waals surface area contributed by atoms with Crippen molar-refractivity contribution in [3.63, 3.8) is 0 Å². The molecule has 0 aliphatic carbocycles. The molecule has 21 heavy (non-hydrogen) atoms. The van der Waals surface area contributed by atoms with E-state index in [0.717, 1.165) is 11.4 Å². The summed E-state index contributed by atoms with van der Waals surface area (Å²) in [5.74, 6) is -0.191. The van der Waals surface area contributed by atoms with Crippen molar-refractivity contribution >= 4 is 46.4 Å². The number of benzene rings is 1. The maximum Gasteiger partial charge on any atom is 0.241 e. The van der Waals surface area contributed by atoms with Crippen LogP contribution in [0.1, 0.15) is 11.4 Å². The van der Waals surface area contributed by atoms with Crippen molar-refractivity contribution in [2.24, 2.45) is 0 Å². The van der Waals surface area contributed by atoms with Crippen LogP contribution in [-0.2, 0) is 17.8 Å². The Labute approximate surface area is 136 Å². The Morgan fingerprint density at radius 3 is 2.81 bits per heavy atom. The molecule has 8 heteroatoms. The van der Waals surface area contributed by atoms with Gasteiger partial charge in [0.05, 0.1) is 44.5 Å². The zero-order chi connectivity index (χ0) is 15.0. The summed E-state index contributed by atoms with van der Waals surface area (Å²) in [7, 11) is 0. The summed E-state index contributed by atoms with van der Waals surface area (Å²) in [5, 5.41) is 6.92. The van der Waals surface area contributed by atoms with Gasteiger partial charge in [-0.25, -0.2) is 4.98 Å². The highest BCUT2D eigenvalue weighted by Crippen LogP contribution is 2.32. The van der Waals surface area contributed by atoms with E-state index in [0.29, 0.717) is 33.7 Å². The summed E-state index contributed by atoms with van der Waals surface area (Å²) in [4.78, 5) is 19.5. The topological polar surface area (TPSA) is 69.8 Å². The van der Waals surface area contributed by atoms with E-state index in [9.17, 15) is 4.79 Å². The summed E-state index contributed by atoms with van der Waals surface area (Å²) in [5.41, 5.74) is 2.34. The highest BCUT2D eigenvalue weighted by molar-refractivity contribution is 6.44. The van der Waals surface area contributed by atoms with E-state index in [1.807, 2.05) is 0 Å². The van der Waals surface area contributed by atoms with Crippen LogP contribution in [0.25, 0.3) is 0 Å². The Kier molecular flexibility index (Phi) is 4.08. The van der Waals surface area contributed by atoms with Gasteiger partial charge in [-0.1, -0.05) is 34.8 Å². The highest BCUT2D eigenvalue weighted by atomic mass is 35.5. The molecular formula is C13H11Cl3N4O. The van der Waals surface area contributed by atoms with Gasteiger partial charge in [0.15, 0.2) is 0 Å². The van der Waals surface area contributed by atoms with Gasteiger partial charge in [-0.3, -0.25) is 10.1 Å². The third kappa shape index (κ3) is 3.01. The second-order valence-electron chi connectivity index (χ2n) is 4.70. The largest absolute Gasteiger partial charge is 0.347 e. The molecule has 5 nitrogen and oxygen atoms in total. The lowest BCUT2D eigenvalue weighted by Gasteiger charge is -2.22. The molecule has 3 N–H and O–H groups in total. The third-order valence-corrected chi connectivity index (χ3v) is 4.35. The zero-order valence-electron chi connectivity index (χ0n) is 10.7. The number of nitrogens with zero attached hydrogens (tertiary/aromatic N) is 1. The van der Waals surface area contributed by atoms with Gasteiger partial charge in [0, 0.05) is 13.0 Å². The Morgan fingerprint density at radius 1 is 1.24 bits per heavy atom. The number of carbonyl (C=O) groups is 1. The van der Waals surface area contributed by atoms with Crippen LogP contribution in [0.3, 0.4) is 0 Å². The number of fused-ring (bicyclic) bond motifs is 1. The van der Waals surface area contributed by atoms with Crippen LogP contribution >= 0.6 is 34.8 Å². The molecule has 0 radical (unpaired) electrons. The first-order valence-corrected chi connectivity index (χ1v) is 7.38. The molecule has 2 aromatic rings. The summed E-state index contributed by atoms with van der Waals surface area (Å²) in [6, 6.07) is 2.67. The van der Waals surface area contributed by atoms with Crippen LogP contribution in [0.2, 0.25) is 15.1 Å². The molecule has 110 valence electrons. The van der Waals surface area contributed by atoms with Crippen LogP contribution in [0.4, 0.5) is 5.69 Å². The second-order valence-corrected chi connectivity index (χ2v) is 5.92. The predicted octanol–water partition coefficient (Wildman–Crippen LogP) is 3.02. The molecule has 1 aliphatic rings. The SMILES string of the molecule is O=C(Nc1cc(Cl)c(Cl)cc1Cl)C1Cc2nc[nH]c2CN1. The van der Waals surface area contributed by atoms with Crippen molar-refractivity contribution in [1.29, 1.82) is 0 Å². The molecule has 1 amide bonds. The van der Waals surface area contributed by atoms with Crippen LogP contribution in [-0.4, -0.2) is 21.9 Å². The molecule has 3 rings (SSSR count). The van der Waals surface area contributed by atoms with Gasteiger partial charge in [-0.2, -0.15) is 0 Å². The monoisotopic (exact) mass is 344 g/mol. The van der Waals surface area contributed by atoms with E-state index in [-0.39, 0.29) is 11.9 Å². The molecule has 0 spiro atoms. The van der Waals surface area contributed by atoms with Gasteiger partial charge in [-0.15, -0.1) is 0 Å². The van der Waals surface area contributed by atoms with Gasteiger partial charge in [0.2, 0.25) is 5.91 Å². The maximum absolute atomic E-state index is 12.3. The lowest BCUT2D eigenvalue weighted by molar-refractivity contribution is -0.118. The van der Waals surface area contributed by atoms with E-state index >= 15 is 0 Å². The number of halogens is 3. The van der Waals surface area contributed by atoms with Crippen molar-refractivity contribution in [1.82, 2.24) is 15.3 Å². The molecular weight excluding hydrogens is 335 g/mol. The van der Waals surface area contributed by atoms with E-state index in [1.165, 1.54) is 12.1 Å². The number of imidazole rings is 1. The number of rotatable bonds is 2. The maximum atomic E-state index is 12.3. The minimum absolute atomic E-state index is 0.191. The fourth-order valence-corrected chi connectivity index (χ4v) is 2.79. The number of hydrogen-bond acceptors (Lipinski definition) is 3. The normalized spacial score (nSPS) is 17.4.